The monoisotopic (exact) mass is 432 g/mol. The van der Waals surface area contributed by atoms with Crippen LogP contribution < -0.4 is 9.64 Å². The number of ether oxygens (including phenoxy) is 1. The fourth-order valence-corrected chi connectivity index (χ4v) is 4.66. The van der Waals surface area contributed by atoms with Crippen molar-refractivity contribution in [3.05, 3.63) is 24.3 Å². The van der Waals surface area contributed by atoms with Gasteiger partial charge in [-0.2, -0.15) is 0 Å². The van der Waals surface area contributed by atoms with Crippen molar-refractivity contribution in [2.75, 3.05) is 39.8 Å². The van der Waals surface area contributed by atoms with Crippen LogP contribution in [0.1, 0.15) is 27.7 Å². The molecule has 1 aromatic heterocycles. The lowest BCUT2D eigenvalue weighted by molar-refractivity contribution is -0.902. The third kappa shape index (κ3) is 5.35. The molecule has 8 heteroatoms. The third-order valence-electron chi connectivity index (χ3n) is 5.52. The van der Waals surface area contributed by atoms with E-state index in [0.29, 0.717) is 5.92 Å². The molecule has 1 N–H and O–H groups in total. The Morgan fingerprint density at radius 1 is 1.17 bits per heavy atom. The summed E-state index contributed by atoms with van der Waals surface area (Å²) in [5, 5.41) is 9.53. The Hall–Kier alpha value is -2.06. The number of methoxy groups -OCH3 is 1. The topological polar surface area (TPSA) is 64.7 Å². The lowest BCUT2D eigenvalue weighted by Crippen LogP contribution is -3.14. The van der Waals surface area contributed by atoms with E-state index < -0.39 is 0 Å². The van der Waals surface area contributed by atoms with Gasteiger partial charge < -0.3 is 19.1 Å². The Morgan fingerprint density at radius 2 is 1.83 bits per heavy atom. The second kappa shape index (κ2) is 10.3. The number of piperazine rings is 1. The molecule has 30 heavy (non-hydrogen) atoms. The molecule has 1 amide bonds. The summed E-state index contributed by atoms with van der Waals surface area (Å²) in [6.45, 7) is 14.2. The normalized spacial score (nSPS) is 16.1. The van der Waals surface area contributed by atoms with Gasteiger partial charge in [-0.15, -0.1) is 10.2 Å². The highest BCUT2D eigenvalue weighted by Gasteiger charge is 2.28. The number of carbonyl (C=O) groups is 1. The quantitative estimate of drug-likeness (QED) is 0.645. The van der Waals surface area contributed by atoms with E-state index in [0.717, 1.165) is 61.6 Å². The van der Waals surface area contributed by atoms with E-state index in [-0.39, 0.29) is 11.2 Å². The molecule has 1 atom stereocenters. The number of aromatic nitrogens is 3. The van der Waals surface area contributed by atoms with E-state index in [1.807, 2.05) is 36.1 Å². The Balaban J connectivity index is 1.76. The van der Waals surface area contributed by atoms with Crippen LogP contribution in [0.3, 0.4) is 0 Å². The van der Waals surface area contributed by atoms with Gasteiger partial charge >= 0.3 is 0 Å². The van der Waals surface area contributed by atoms with Crippen LogP contribution >= 0.6 is 11.8 Å². The van der Waals surface area contributed by atoms with Crippen molar-refractivity contribution in [3.8, 4) is 17.1 Å². The van der Waals surface area contributed by atoms with Crippen LogP contribution in [-0.4, -0.2) is 70.7 Å². The average molecular weight is 433 g/mol. The zero-order valence-corrected chi connectivity index (χ0v) is 19.5. The minimum absolute atomic E-state index is 0.188. The maximum Gasteiger partial charge on any atom is 0.236 e. The molecule has 164 valence electrons. The molecule has 3 rings (SSSR count). The van der Waals surface area contributed by atoms with Gasteiger partial charge in [0.2, 0.25) is 5.91 Å². The second-order valence-corrected chi connectivity index (χ2v) is 9.54. The Kier molecular flexibility index (Phi) is 7.77. The van der Waals surface area contributed by atoms with Gasteiger partial charge in [-0.25, -0.2) is 0 Å². The van der Waals surface area contributed by atoms with E-state index in [9.17, 15) is 4.79 Å². The van der Waals surface area contributed by atoms with Crippen LogP contribution in [-0.2, 0) is 11.3 Å². The molecule has 0 unspecified atom stereocenters. The standard InChI is InChI=1S/C22H33N5O2S/c1-6-25-11-13-26(14-12-25)21(28)17(4)30-22-24-23-20(27(22)15-16(2)3)18-7-9-19(29-5)10-8-18/h7-10,16-17H,6,11-15H2,1-5H3/p+1/t17-/m1/s1. The van der Waals surface area contributed by atoms with Crippen LogP contribution in [0.4, 0.5) is 0 Å². The highest BCUT2D eigenvalue weighted by Crippen LogP contribution is 2.29. The molecule has 0 saturated carbocycles. The largest absolute Gasteiger partial charge is 0.497 e. The maximum atomic E-state index is 13.0. The van der Waals surface area contributed by atoms with Crippen molar-refractivity contribution in [1.82, 2.24) is 19.7 Å². The highest BCUT2D eigenvalue weighted by atomic mass is 32.2. The summed E-state index contributed by atoms with van der Waals surface area (Å²) in [6.07, 6.45) is 0. The first-order valence-corrected chi connectivity index (χ1v) is 11.7. The number of likely N-dealkylation sites (N-methyl/N-ethyl adjacent to an activating group) is 1. The smallest absolute Gasteiger partial charge is 0.236 e. The summed E-state index contributed by atoms with van der Waals surface area (Å²) >= 11 is 1.51. The molecule has 0 spiro atoms. The van der Waals surface area contributed by atoms with Crippen LogP contribution in [0.15, 0.2) is 29.4 Å². The van der Waals surface area contributed by atoms with Crippen LogP contribution in [0, 0.1) is 5.92 Å². The van der Waals surface area contributed by atoms with Crippen molar-refractivity contribution in [2.45, 2.75) is 44.6 Å². The predicted molar refractivity (Wildman–Crippen MR) is 120 cm³/mol. The van der Waals surface area contributed by atoms with Gasteiger partial charge in [-0.05, 0) is 44.0 Å². The lowest BCUT2D eigenvalue weighted by Gasteiger charge is -2.32. The van der Waals surface area contributed by atoms with E-state index in [2.05, 4.69) is 35.5 Å². The number of quaternary nitrogens is 1. The number of amides is 1. The molecule has 7 nitrogen and oxygen atoms in total. The van der Waals surface area contributed by atoms with Crippen molar-refractivity contribution >= 4 is 17.7 Å². The fourth-order valence-electron chi connectivity index (χ4n) is 3.72. The second-order valence-electron chi connectivity index (χ2n) is 8.23. The first kappa shape index (κ1) is 22.6. The summed E-state index contributed by atoms with van der Waals surface area (Å²) in [4.78, 5) is 16.6. The number of nitrogens with zero attached hydrogens (tertiary/aromatic N) is 4. The van der Waals surface area contributed by atoms with Crippen molar-refractivity contribution in [2.24, 2.45) is 5.92 Å². The van der Waals surface area contributed by atoms with Crippen molar-refractivity contribution in [3.63, 3.8) is 0 Å². The first-order valence-electron chi connectivity index (χ1n) is 10.8. The van der Waals surface area contributed by atoms with Gasteiger partial charge in [0.15, 0.2) is 11.0 Å². The molecule has 1 aliphatic rings. The van der Waals surface area contributed by atoms with E-state index in [4.69, 9.17) is 4.74 Å². The fraction of sp³-hybridized carbons (Fsp3) is 0.591. The van der Waals surface area contributed by atoms with Gasteiger partial charge in [-0.1, -0.05) is 25.6 Å². The maximum absolute atomic E-state index is 13.0. The zero-order valence-electron chi connectivity index (χ0n) is 18.7. The van der Waals surface area contributed by atoms with E-state index in [1.165, 1.54) is 11.8 Å². The SMILES string of the molecule is CC[NH+]1CCN(C(=O)[C@@H](C)Sc2nnc(-c3ccc(OC)cc3)n2CC(C)C)CC1. The number of rotatable bonds is 8. The van der Waals surface area contributed by atoms with Crippen LogP contribution in [0.5, 0.6) is 5.75 Å². The van der Waals surface area contributed by atoms with Gasteiger partial charge in [0.05, 0.1) is 45.1 Å². The van der Waals surface area contributed by atoms with E-state index in [1.54, 1.807) is 12.0 Å². The molecule has 0 aliphatic carbocycles. The molecule has 2 aromatic rings. The van der Waals surface area contributed by atoms with Crippen LogP contribution in [0.25, 0.3) is 11.4 Å². The zero-order chi connectivity index (χ0) is 21.7. The Bertz CT molecular complexity index is 829. The lowest BCUT2D eigenvalue weighted by atomic mass is 10.2. The average Bonchev–Trinajstić information content (AvgIpc) is 3.14. The van der Waals surface area contributed by atoms with Crippen molar-refractivity contribution < 1.29 is 14.4 Å². The van der Waals surface area contributed by atoms with Gasteiger partial charge in [-0.3, -0.25) is 4.79 Å². The Labute approximate surface area is 183 Å². The molecule has 0 bridgehead atoms. The first-order chi connectivity index (χ1) is 14.4. The van der Waals surface area contributed by atoms with Gasteiger partial charge in [0, 0.05) is 12.1 Å². The Morgan fingerprint density at radius 3 is 2.40 bits per heavy atom. The third-order valence-corrected chi connectivity index (χ3v) is 6.59. The minimum Gasteiger partial charge on any atom is -0.497 e. The number of thioether (sulfide) groups is 1. The van der Waals surface area contributed by atoms with Gasteiger partial charge in [0.25, 0.3) is 0 Å². The summed E-state index contributed by atoms with van der Waals surface area (Å²) in [7, 11) is 1.66. The predicted octanol–water partition coefficient (Wildman–Crippen LogP) is 1.84. The molecule has 1 saturated heterocycles. The molecule has 0 radical (unpaired) electrons. The summed E-state index contributed by atoms with van der Waals surface area (Å²) in [6, 6.07) is 7.86. The number of nitrogens with one attached hydrogen (secondary N) is 1. The molecule has 1 aromatic carbocycles. The van der Waals surface area contributed by atoms with Gasteiger partial charge in [0.1, 0.15) is 5.75 Å². The highest BCUT2D eigenvalue weighted by molar-refractivity contribution is 8.00. The minimum atomic E-state index is -0.188. The number of benzene rings is 1. The van der Waals surface area contributed by atoms with Crippen LogP contribution in [0.2, 0.25) is 0 Å². The number of carbonyl (C=O) groups excluding carboxylic acids is 1. The summed E-state index contributed by atoms with van der Waals surface area (Å²) < 4.78 is 7.40. The molecular formula is C22H34N5O2S+. The summed E-state index contributed by atoms with van der Waals surface area (Å²) in [5.41, 5.74) is 0.994. The summed E-state index contributed by atoms with van der Waals surface area (Å²) in [5.74, 6) is 2.27. The number of hydrogen-bond acceptors (Lipinski definition) is 5. The molecule has 1 fully saturated rings. The van der Waals surface area contributed by atoms with Crippen molar-refractivity contribution in [1.29, 1.82) is 0 Å². The number of hydrogen-bond donors (Lipinski definition) is 1. The molecular weight excluding hydrogens is 398 g/mol. The molecule has 2 heterocycles. The van der Waals surface area contributed by atoms with E-state index >= 15 is 0 Å². The molecule has 1 aliphatic heterocycles.